The number of rotatable bonds is 6. The van der Waals surface area contributed by atoms with Crippen molar-refractivity contribution in [2.24, 2.45) is 0 Å². The minimum Gasteiger partial charge on any atom is -0.368 e. The molecule has 0 aliphatic carbocycles. The van der Waals surface area contributed by atoms with Gasteiger partial charge in [0.05, 0.1) is 19.6 Å². The van der Waals surface area contributed by atoms with Crippen LogP contribution in [0, 0.1) is 0 Å². The third-order valence-corrected chi connectivity index (χ3v) is 14.2. The number of sulfone groups is 2. The number of anilines is 2. The Hall–Kier alpha value is -3.41. The van der Waals surface area contributed by atoms with Crippen LogP contribution in [-0.4, -0.2) is 68.2 Å². The van der Waals surface area contributed by atoms with Crippen molar-refractivity contribution in [2.45, 2.75) is 83.0 Å². The first-order chi connectivity index (χ1) is 24.3. The lowest BCUT2D eigenvalue weighted by molar-refractivity contribution is 0.549. The van der Waals surface area contributed by atoms with Crippen molar-refractivity contribution < 1.29 is 16.8 Å². The van der Waals surface area contributed by atoms with E-state index in [1.807, 2.05) is 36.4 Å². The fraction of sp³-hybridized carbons (Fsp3) is 0.400. The summed E-state index contributed by atoms with van der Waals surface area (Å²) in [7, 11) is -6.87. The third kappa shape index (κ3) is 8.15. The van der Waals surface area contributed by atoms with E-state index >= 15 is 0 Å². The van der Waals surface area contributed by atoms with Crippen molar-refractivity contribution in [3.8, 4) is 0 Å². The van der Waals surface area contributed by atoms with Crippen LogP contribution in [0.5, 0.6) is 0 Å². The molecule has 4 aliphatic heterocycles. The zero-order valence-corrected chi connectivity index (χ0v) is 31.5. The highest BCUT2D eigenvalue weighted by atomic mass is 35.5. The molecule has 8 nitrogen and oxygen atoms in total. The maximum absolute atomic E-state index is 12.8. The molecule has 272 valence electrons. The van der Waals surface area contributed by atoms with Crippen molar-refractivity contribution in [1.82, 2.24) is 10.6 Å². The predicted molar refractivity (Wildman–Crippen MR) is 207 cm³/mol. The first-order valence-corrected chi connectivity index (χ1v) is 21.1. The van der Waals surface area contributed by atoms with Crippen LogP contribution in [0.2, 0.25) is 0 Å². The second kappa shape index (κ2) is 16.5. The molecule has 4 heterocycles. The topological polar surface area (TPSA) is 98.8 Å². The number of hydrogen-bond acceptors (Lipinski definition) is 8. The zero-order chi connectivity index (χ0) is 34.6. The number of hydrogen-bond donors (Lipinski definition) is 2. The van der Waals surface area contributed by atoms with Crippen LogP contribution < -0.4 is 20.4 Å². The average molecular weight is 749 g/mol. The number of nitrogens with one attached hydrogen (secondary N) is 2. The van der Waals surface area contributed by atoms with E-state index in [1.54, 1.807) is 60.7 Å². The number of nitrogens with zero attached hydrogens (tertiary/aromatic N) is 2. The molecule has 8 rings (SSSR count). The molecule has 0 aromatic heterocycles. The largest absolute Gasteiger partial charge is 0.368 e. The molecule has 2 unspecified atom stereocenters. The van der Waals surface area contributed by atoms with E-state index in [9.17, 15) is 16.8 Å². The van der Waals surface area contributed by atoms with Gasteiger partial charge in [0.15, 0.2) is 0 Å². The normalized spacial score (nSPS) is 20.5. The molecule has 51 heavy (non-hydrogen) atoms. The molecular weight excluding hydrogens is 700 g/mol. The van der Waals surface area contributed by atoms with Gasteiger partial charge < -0.3 is 20.4 Å². The van der Waals surface area contributed by atoms with Gasteiger partial charge >= 0.3 is 0 Å². The second-order valence-corrected chi connectivity index (χ2v) is 17.7. The van der Waals surface area contributed by atoms with Crippen molar-refractivity contribution in [2.75, 3.05) is 49.1 Å². The lowest BCUT2D eigenvalue weighted by Gasteiger charge is -2.29. The Morgan fingerprint density at radius 2 is 0.902 bits per heavy atom. The molecule has 2 saturated heterocycles. The van der Waals surface area contributed by atoms with Gasteiger partial charge in [-0.25, -0.2) is 16.8 Å². The molecule has 4 aliphatic rings. The Morgan fingerprint density at radius 3 is 1.31 bits per heavy atom. The summed E-state index contributed by atoms with van der Waals surface area (Å²) in [6.07, 6.45) is 8.99. The lowest BCUT2D eigenvalue weighted by atomic mass is 10.1. The average Bonchev–Trinajstić information content (AvgIpc) is 3.53. The molecule has 2 N–H and O–H groups in total. The standard InChI is InChI=1S/2C20H24N2O2S.ClH/c2*23-25(24,18-6-2-1-3-7-18)19-8-9-20-16(15-19)11-14-22(20)17-5-4-12-21-13-10-17;/h2*1-3,6-9,15,17,21H,4-5,10-14H2;1H. The molecule has 0 saturated carbocycles. The first-order valence-electron chi connectivity index (χ1n) is 18.1. The van der Waals surface area contributed by atoms with Gasteiger partial charge in [0, 0.05) is 36.5 Å². The van der Waals surface area contributed by atoms with E-state index in [-0.39, 0.29) is 12.4 Å². The van der Waals surface area contributed by atoms with Crippen LogP contribution in [-0.2, 0) is 32.5 Å². The third-order valence-electron chi connectivity index (χ3n) is 10.7. The Morgan fingerprint density at radius 1 is 0.490 bits per heavy atom. The second-order valence-electron chi connectivity index (χ2n) is 13.8. The minimum absolute atomic E-state index is 0. The monoisotopic (exact) mass is 748 g/mol. The number of halogens is 1. The Labute approximate surface area is 309 Å². The van der Waals surface area contributed by atoms with E-state index in [0.717, 1.165) is 76.1 Å². The quantitative estimate of drug-likeness (QED) is 0.232. The van der Waals surface area contributed by atoms with Crippen molar-refractivity contribution in [3.63, 3.8) is 0 Å². The van der Waals surface area contributed by atoms with E-state index < -0.39 is 19.7 Å². The molecular formula is C40H49ClN4O4S2. The molecule has 4 aromatic rings. The van der Waals surface area contributed by atoms with Gasteiger partial charge in [-0.15, -0.1) is 12.4 Å². The van der Waals surface area contributed by atoms with Gasteiger partial charge in [0.25, 0.3) is 0 Å². The van der Waals surface area contributed by atoms with E-state index in [4.69, 9.17) is 0 Å². The molecule has 0 spiro atoms. The van der Waals surface area contributed by atoms with Crippen molar-refractivity contribution >= 4 is 43.5 Å². The smallest absolute Gasteiger partial charge is 0.206 e. The van der Waals surface area contributed by atoms with Gasteiger partial charge in [-0.3, -0.25) is 0 Å². The lowest BCUT2D eigenvalue weighted by Crippen LogP contribution is -2.34. The summed E-state index contributed by atoms with van der Waals surface area (Å²) in [6.45, 7) is 6.33. The first kappa shape index (κ1) is 37.4. The molecule has 2 atom stereocenters. The van der Waals surface area contributed by atoms with Crippen molar-refractivity contribution in [3.05, 3.63) is 108 Å². The highest BCUT2D eigenvalue weighted by Gasteiger charge is 2.30. The van der Waals surface area contributed by atoms with Crippen LogP contribution in [0.25, 0.3) is 0 Å². The summed E-state index contributed by atoms with van der Waals surface area (Å²) in [5, 5.41) is 6.93. The number of fused-ring (bicyclic) bond motifs is 2. The summed E-state index contributed by atoms with van der Waals surface area (Å²) < 4.78 is 51.4. The Balaban J connectivity index is 0.000000172. The van der Waals surface area contributed by atoms with E-state index in [2.05, 4.69) is 20.4 Å². The van der Waals surface area contributed by atoms with Crippen LogP contribution in [0.15, 0.2) is 117 Å². The maximum atomic E-state index is 12.8. The van der Waals surface area contributed by atoms with E-state index in [0.29, 0.717) is 31.7 Å². The molecule has 0 bridgehead atoms. The summed E-state index contributed by atoms with van der Waals surface area (Å²) in [6, 6.07) is 29.8. The van der Waals surface area contributed by atoms with Crippen LogP contribution >= 0.6 is 12.4 Å². The fourth-order valence-corrected chi connectivity index (χ4v) is 10.7. The number of benzene rings is 4. The van der Waals surface area contributed by atoms with E-state index in [1.165, 1.54) is 37.1 Å². The van der Waals surface area contributed by atoms with Crippen LogP contribution in [0.4, 0.5) is 11.4 Å². The summed E-state index contributed by atoms with van der Waals surface area (Å²) in [5.74, 6) is 0. The van der Waals surface area contributed by atoms with Crippen LogP contribution in [0.1, 0.15) is 49.7 Å². The highest BCUT2D eigenvalue weighted by molar-refractivity contribution is 7.91. The van der Waals surface area contributed by atoms with Gasteiger partial charge in [-0.2, -0.15) is 0 Å². The van der Waals surface area contributed by atoms with Gasteiger partial charge in [0.1, 0.15) is 0 Å². The Kier molecular flexibility index (Phi) is 12.1. The molecule has 0 radical (unpaired) electrons. The highest BCUT2D eigenvalue weighted by Crippen LogP contribution is 2.36. The minimum atomic E-state index is -3.44. The fourth-order valence-electron chi connectivity index (χ4n) is 8.00. The molecule has 0 amide bonds. The molecule has 2 fully saturated rings. The summed E-state index contributed by atoms with van der Waals surface area (Å²) in [5.41, 5.74) is 4.77. The summed E-state index contributed by atoms with van der Waals surface area (Å²) in [4.78, 5) is 6.51. The van der Waals surface area contributed by atoms with Gasteiger partial charge in [-0.05, 0) is 149 Å². The zero-order valence-electron chi connectivity index (χ0n) is 29.0. The molecule has 11 heteroatoms. The summed E-state index contributed by atoms with van der Waals surface area (Å²) >= 11 is 0. The predicted octanol–water partition coefficient (Wildman–Crippen LogP) is 6.47. The SMILES string of the molecule is Cl.O=S(=O)(c1ccccc1)c1ccc2c(c1)CCN2C1CCCNCC1.O=S(=O)(c1ccccc1)c1ccc2c(c1)CCN2C1CCCNCC1. The maximum Gasteiger partial charge on any atom is 0.206 e. The van der Waals surface area contributed by atoms with Gasteiger partial charge in [-0.1, -0.05) is 36.4 Å². The Bertz CT molecular complexity index is 1830. The van der Waals surface area contributed by atoms with Crippen molar-refractivity contribution in [1.29, 1.82) is 0 Å². The van der Waals surface area contributed by atoms with Crippen LogP contribution in [0.3, 0.4) is 0 Å². The molecule has 4 aromatic carbocycles. The van der Waals surface area contributed by atoms with Gasteiger partial charge in [0.2, 0.25) is 19.7 Å².